The molecule has 4 aromatic rings. The van der Waals surface area contributed by atoms with Gasteiger partial charge in [-0.05, 0) is 48.9 Å². The van der Waals surface area contributed by atoms with E-state index >= 15 is 9.59 Å². The third kappa shape index (κ3) is 13.9. The number of aromatic nitrogens is 4. The molecule has 2 aromatic carbocycles. The summed E-state index contributed by atoms with van der Waals surface area (Å²) in [5, 5.41) is 6.30. The Bertz CT molecular complexity index is 1920. The van der Waals surface area contributed by atoms with Crippen molar-refractivity contribution in [1.29, 1.82) is 0 Å². The highest BCUT2D eigenvalue weighted by Crippen LogP contribution is 2.36. The molecule has 6 atom stereocenters. The van der Waals surface area contributed by atoms with E-state index in [1.165, 1.54) is 23.5 Å². The number of carbonyl (C=O) groups is 4. The predicted octanol–water partition coefficient (Wildman–Crippen LogP) is 5.62. The van der Waals surface area contributed by atoms with Gasteiger partial charge in [0, 0.05) is 42.3 Å². The molecular weight excluding hydrogens is 821 g/mol. The molecule has 2 aromatic heterocycles. The van der Waals surface area contributed by atoms with E-state index in [2.05, 4.69) is 30.6 Å². The second kappa shape index (κ2) is 22.6. The van der Waals surface area contributed by atoms with E-state index in [0.717, 1.165) is 16.0 Å². The van der Waals surface area contributed by atoms with Crippen LogP contribution in [0.3, 0.4) is 0 Å². The van der Waals surface area contributed by atoms with Crippen molar-refractivity contribution >= 4 is 47.5 Å². The highest BCUT2D eigenvalue weighted by molar-refractivity contribution is 7.99. The van der Waals surface area contributed by atoms with Crippen molar-refractivity contribution in [3.05, 3.63) is 109 Å². The largest absolute Gasteiger partial charge is 0.445 e. The first-order chi connectivity index (χ1) is 29.2. The Hall–Kier alpha value is -5.14. The van der Waals surface area contributed by atoms with Gasteiger partial charge in [0.2, 0.25) is 0 Å². The van der Waals surface area contributed by atoms with Crippen LogP contribution in [0.4, 0.5) is 9.59 Å². The first kappa shape index (κ1) is 46.9. The van der Waals surface area contributed by atoms with E-state index in [4.69, 9.17) is 24.7 Å². The van der Waals surface area contributed by atoms with Gasteiger partial charge in [-0.2, -0.15) is 0 Å². The number of rotatable bonds is 19. The molecular formula is C43H54N8O8S2. The molecule has 1 saturated heterocycles. The van der Waals surface area contributed by atoms with Gasteiger partial charge in [-0.1, -0.05) is 112 Å². The van der Waals surface area contributed by atoms with Gasteiger partial charge in [-0.15, -0.1) is 0 Å². The van der Waals surface area contributed by atoms with Crippen LogP contribution in [0.15, 0.2) is 108 Å². The van der Waals surface area contributed by atoms with Gasteiger partial charge in [-0.3, -0.25) is 14.5 Å². The Kier molecular flexibility index (Phi) is 17.4. The summed E-state index contributed by atoms with van der Waals surface area (Å²) in [4.78, 5) is 75.8. The lowest BCUT2D eigenvalue weighted by Crippen LogP contribution is -2.65. The highest BCUT2D eigenvalue weighted by atomic mass is 32.2. The number of alkyl carbamates (subject to hydrolysis) is 2. The number of nitrogens with zero attached hydrogens (tertiary/aromatic N) is 5. The summed E-state index contributed by atoms with van der Waals surface area (Å²) in [5.41, 5.74) is 8.38. The second-order valence-corrected chi connectivity index (χ2v) is 17.4. The van der Waals surface area contributed by atoms with Gasteiger partial charge in [0.25, 0.3) is 11.8 Å². The van der Waals surface area contributed by atoms with E-state index in [9.17, 15) is 9.59 Å². The third-order valence-electron chi connectivity index (χ3n) is 9.48. The van der Waals surface area contributed by atoms with Crippen molar-refractivity contribution in [2.45, 2.75) is 107 Å². The maximum atomic E-state index is 15.3. The van der Waals surface area contributed by atoms with Crippen molar-refractivity contribution in [2.24, 2.45) is 17.6 Å². The molecule has 1 fully saturated rings. The Balaban J connectivity index is 1.54. The number of benzene rings is 2. The standard InChI is InChI=1S/C43H54N8O8S2/c1-27(2)33(49-41(54)56-23-29-15-9-7-10-16-29)37(52)51(38(53)34(28(3)4)50-42(55)57-24-30-17-11-8-12-18-30)32(26-61-40-47-21-14-22-48-40)36-35(58-43(5,6)59-36)31(44)25-60-39-45-19-13-20-46-39/h7-22,27-28,31-36H,23-26,44H2,1-6H3,(H,49,54)(H,50,55)/t31-,32-,33-,34-,35+,36+/m0/s1. The zero-order valence-corrected chi connectivity index (χ0v) is 36.7. The minimum atomic E-state index is -1.28. The molecule has 0 saturated carbocycles. The monoisotopic (exact) mass is 874 g/mol. The third-order valence-corrected chi connectivity index (χ3v) is 11.5. The fraction of sp³-hybridized carbons (Fsp3) is 0.442. The van der Waals surface area contributed by atoms with Gasteiger partial charge < -0.3 is 35.3 Å². The molecule has 18 heteroatoms. The summed E-state index contributed by atoms with van der Waals surface area (Å²) in [6.07, 6.45) is 2.79. The lowest BCUT2D eigenvalue weighted by atomic mass is 9.95. The van der Waals surface area contributed by atoms with Crippen LogP contribution in [0.25, 0.3) is 0 Å². The van der Waals surface area contributed by atoms with Gasteiger partial charge in [0.1, 0.15) is 37.5 Å². The van der Waals surface area contributed by atoms with Crippen molar-refractivity contribution in [1.82, 2.24) is 35.5 Å². The second-order valence-electron chi connectivity index (χ2n) is 15.4. The van der Waals surface area contributed by atoms with Crippen LogP contribution in [0, 0.1) is 11.8 Å². The van der Waals surface area contributed by atoms with Crippen LogP contribution in [0.1, 0.15) is 52.7 Å². The van der Waals surface area contributed by atoms with Crippen LogP contribution in [0.2, 0.25) is 0 Å². The summed E-state index contributed by atoms with van der Waals surface area (Å²) < 4.78 is 24.2. The number of thioether (sulfide) groups is 2. The molecule has 1 aliphatic rings. The summed E-state index contributed by atoms with van der Waals surface area (Å²) in [7, 11) is 0. The molecule has 16 nitrogen and oxygen atoms in total. The molecule has 0 spiro atoms. The van der Waals surface area contributed by atoms with Crippen LogP contribution in [0.5, 0.6) is 0 Å². The van der Waals surface area contributed by atoms with Crippen molar-refractivity contribution in [3.8, 4) is 0 Å². The molecule has 61 heavy (non-hydrogen) atoms. The first-order valence-electron chi connectivity index (χ1n) is 19.9. The topological polar surface area (TPSA) is 210 Å². The summed E-state index contributed by atoms with van der Waals surface area (Å²) in [6.45, 7) is 10.3. The molecule has 4 N–H and O–H groups in total. The minimum absolute atomic E-state index is 0.0102. The van der Waals surface area contributed by atoms with Crippen molar-refractivity contribution in [2.75, 3.05) is 11.5 Å². The van der Waals surface area contributed by atoms with E-state index < -0.39 is 78.0 Å². The fourth-order valence-corrected chi connectivity index (χ4v) is 8.18. The van der Waals surface area contributed by atoms with Crippen LogP contribution in [-0.4, -0.2) is 103 Å². The average molecular weight is 875 g/mol. The van der Waals surface area contributed by atoms with Gasteiger partial charge in [0.15, 0.2) is 16.1 Å². The average Bonchev–Trinajstić information content (AvgIpc) is 3.59. The van der Waals surface area contributed by atoms with E-state index in [-0.39, 0.29) is 19.0 Å². The van der Waals surface area contributed by atoms with Crippen molar-refractivity contribution < 1.29 is 38.1 Å². The minimum Gasteiger partial charge on any atom is -0.445 e. The lowest BCUT2D eigenvalue weighted by Gasteiger charge is -2.40. The molecule has 0 aliphatic carbocycles. The summed E-state index contributed by atoms with van der Waals surface area (Å²) in [5.74, 6) is -3.54. The predicted molar refractivity (Wildman–Crippen MR) is 230 cm³/mol. The van der Waals surface area contributed by atoms with Crippen LogP contribution < -0.4 is 16.4 Å². The number of hydrogen-bond donors (Lipinski definition) is 3. The van der Waals surface area contributed by atoms with E-state index in [0.29, 0.717) is 16.1 Å². The Morgan fingerprint density at radius 2 is 1.08 bits per heavy atom. The van der Waals surface area contributed by atoms with Gasteiger partial charge in [0.05, 0.1) is 6.04 Å². The quantitative estimate of drug-likeness (QED) is 0.0771. The number of hydrogen-bond acceptors (Lipinski definition) is 15. The maximum Gasteiger partial charge on any atom is 0.408 e. The zero-order valence-electron chi connectivity index (χ0n) is 35.1. The van der Waals surface area contributed by atoms with Gasteiger partial charge >= 0.3 is 12.2 Å². The Labute approximate surface area is 364 Å². The molecule has 5 rings (SSSR count). The molecule has 3 heterocycles. The molecule has 4 amide bonds. The zero-order chi connectivity index (χ0) is 43.9. The van der Waals surface area contributed by atoms with Crippen LogP contribution >= 0.6 is 23.5 Å². The number of nitrogens with two attached hydrogens (primary N) is 1. The summed E-state index contributed by atoms with van der Waals surface area (Å²) in [6, 6.07) is 17.2. The maximum absolute atomic E-state index is 15.3. The molecule has 1 aliphatic heterocycles. The Morgan fingerprint density at radius 1 is 0.672 bits per heavy atom. The summed E-state index contributed by atoms with van der Waals surface area (Å²) >= 11 is 2.51. The number of ether oxygens (including phenoxy) is 4. The lowest BCUT2D eigenvalue weighted by molar-refractivity contribution is -0.164. The first-order valence-corrected chi connectivity index (χ1v) is 21.9. The van der Waals surface area contributed by atoms with E-state index in [1.807, 2.05) is 36.4 Å². The van der Waals surface area contributed by atoms with Gasteiger partial charge in [-0.25, -0.2) is 29.5 Å². The molecule has 0 radical (unpaired) electrons. The molecule has 326 valence electrons. The van der Waals surface area contributed by atoms with Crippen LogP contribution in [-0.2, 0) is 41.8 Å². The smallest absolute Gasteiger partial charge is 0.408 e. The fourth-order valence-electron chi connectivity index (χ4n) is 6.45. The number of amides is 4. The number of imide groups is 1. The van der Waals surface area contributed by atoms with E-state index in [1.54, 1.807) is 103 Å². The van der Waals surface area contributed by atoms with Crippen molar-refractivity contribution in [3.63, 3.8) is 0 Å². The molecule has 0 bridgehead atoms. The number of nitrogens with one attached hydrogen (secondary N) is 2. The SMILES string of the molecule is CC(C)[C@H](NC(=O)OCc1ccccc1)C(=O)N(C(=O)[C@@H](NC(=O)OCc1ccccc1)C(C)C)[C@@H](CSc1ncccn1)[C@H]1OC(C)(C)O[C@@H]1[C@@H](N)CSc1ncccn1. The normalized spacial score (nSPS) is 17.8. The Morgan fingerprint density at radius 3 is 1.51 bits per heavy atom. The molecule has 0 unspecified atom stereocenters. The highest BCUT2D eigenvalue weighted by Gasteiger charge is 2.53. The number of carbonyl (C=O) groups excluding carboxylic acids is 4.